The van der Waals surface area contributed by atoms with Crippen LogP contribution in [0.15, 0.2) is 76.2 Å². The van der Waals surface area contributed by atoms with Crippen molar-refractivity contribution in [3.05, 3.63) is 118 Å². The van der Waals surface area contributed by atoms with Gasteiger partial charge in [0.1, 0.15) is 56.2 Å². The van der Waals surface area contributed by atoms with Crippen LogP contribution in [0.3, 0.4) is 0 Å². The predicted octanol–water partition coefficient (Wildman–Crippen LogP) is 9.49. The number of fused-ring (bicyclic) bond motifs is 2. The lowest BCUT2D eigenvalue weighted by molar-refractivity contribution is -0.0442. The molecule has 0 saturated heterocycles. The van der Waals surface area contributed by atoms with Gasteiger partial charge in [0.25, 0.3) is 0 Å². The number of sulfone groups is 2. The number of aromatic nitrogens is 9. The molecule has 0 bridgehead atoms. The number of hydrogen-bond donors (Lipinski definition) is 7. The summed E-state index contributed by atoms with van der Waals surface area (Å²) >= 11 is 3.57. The third-order valence-corrected chi connectivity index (χ3v) is 23.5. The minimum Gasteiger partial charge on any atom is -0.467 e. The van der Waals surface area contributed by atoms with E-state index in [1.165, 1.54) is 47.1 Å². The van der Waals surface area contributed by atoms with Crippen molar-refractivity contribution in [2.75, 3.05) is 39.3 Å². The number of nitrogens with zero attached hydrogens (tertiary/aromatic N) is 9. The molecule has 3 fully saturated rings. The van der Waals surface area contributed by atoms with Gasteiger partial charge in [0, 0.05) is 47.8 Å². The van der Waals surface area contributed by atoms with E-state index in [9.17, 15) is 45.3 Å². The average Bonchev–Trinajstić information content (AvgIpc) is 1.84. The molecule has 21 nitrogen and oxygen atoms in total. The molecule has 6 atom stereocenters. The molecule has 456 valence electrons. The van der Waals surface area contributed by atoms with Crippen molar-refractivity contribution >= 4 is 97.7 Å². The van der Waals surface area contributed by atoms with Crippen LogP contribution in [0, 0.1) is 62.9 Å². The quantitative estimate of drug-likeness (QED) is 0.0260. The summed E-state index contributed by atoms with van der Waals surface area (Å²) in [6.07, 6.45) is 2.79. The number of aryl methyl sites for hydroxylation is 5. The second-order valence-electron chi connectivity index (χ2n) is 22.4. The van der Waals surface area contributed by atoms with Gasteiger partial charge in [-0.25, -0.2) is 59.9 Å². The molecule has 87 heavy (non-hydrogen) atoms. The van der Waals surface area contributed by atoms with E-state index in [0.717, 1.165) is 63.7 Å². The van der Waals surface area contributed by atoms with Crippen molar-refractivity contribution in [1.82, 2.24) is 44.9 Å². The molecule has 2 aromatic carbocycles. The number of aliphatic hydroxyl groups is 3. The zero-order valence-corrected chi connectivity index (χ0v) is 51.7. The Morgan fingerprint density at radius 3 is 1.87 bits per heavy atom. The summed E-state index contributed by atoms with van der Waals surface area (Å²) in [6.45, 7) is 9.13. The van der Waals surface area contributed by atoms with E-state index in [1.807, 2.05) is 13.0 Å². The molecule has 7 aromatic heterocycles. The number of aliphatic hydroxyl groups excluding tert-OH is 1. The van der Waals surface area contributed by atoms with Crippen LogP contribution in [0.1, 0.15) is 78.7 Å². The van der Waals surface area contributed by atoms with Crippen LogP contribution in [-0.4, -0.2) is 119 Å². The molecule has 6 unspecified atom stereocenters. The fourth-order valence-corrected chi connectivity index (χ4v) is 18.0. The van der Waals surface area contributed by atoms with Gasteiger partial charge < -0.3 is 41.3 Å². The molecule has 3 aliphatic carbocycles. The van der Waals surface area contributed by atoms with Crippen molar-refractivity contribution in [1.29, 1.82) is 0 Å². The topological polar surface area (TPSA) is 302 Å². The van der Waals surface area contributed by atoms with E-state index in [4.69, 9.17) is 29.7 Å². The lowest BCUT2D eigenvalue weighted by Crippen LogP contribution is -2.51. The molecule has 3 aliphatic rings. The molecule has 29 heteroatoms. The Morgan fingerprint density at radius 2 is 1.24 bits per heavy atom. The van der Waals surface area contributed by atoms with Gasteiger partial charge in [0.2, 0.25) is 32.0 Å². The lowest BCUT2D eigenvalue weighted by Gasteiger charge is -2.34. The Morgan fingerprint density at radius 1 is 0.655 bits per heavy atom. The minimum atomic E-state index is -4.20. The fraction of sp³-hybridized carbons (Fsp3) is 0.397. The lowest BCUT2D eigenvalue weighted by atomic mass is 10.0. The summed E-state index contributed by atoms with van der Waals surface area (Å²) in [6, 6.07) is 11.4. The second kappa shape index (κ2) is 23.4. The van der Waals surface area contributed by atoms with Gasteiger partial charge in [-0.3, -0.25) is 4.98 Å². The van der Waals surface area contributed by atoms with Crippen LogP contribution in [0.2, 0.25) is 0 Å². The number of nitrogens with one attached hydrogen (secondary N) is 4. The molecule has 12 rings (SSSR count). The van der Waals surface area contributed by atoms with Crippen molar-refractivity contribution < 1.29 is 50.1 Å². The normalized spacial score (nSPS) is 21.5. The summed E-state index contributed by atoms with van der Waals surface area (Å²) in [4.78, 5) is 43.2. The second-order valence-corrected chi connectivity index (χ2v) is 29.9. The monoisotopic (exact) mass is 1280 g/mol. The molecular weight excluding hydrogens is 1220 g/mol. The molecule has 0 spiro atoms. The van der Waals surface area contributed by atoms with Crippen LogP contribution in [-0.2, 0) is 32.6 Å². The van der Waals surface area contributed by atoms with E-state index in [2.05, 4.69) is 41.2 Å². The first-order chi connectivity index (χ1) is 41.5. The highest BCUT2D eigenvalue weighted by Crippen LogP contribution is 2.47. The first-order valence-corrected chi connectivity index (χ1v) is 33.9. The molecule has 9 aromatic rings. The van der Waals surface area contributed by atoms with Gasteiger partial charge >= 0.3 is 0 Å². The van der Waals surface area contributed by atoms with Crippen LogP contribution in [0.4, 0.5) is 36.7 Å². The first-order valence-electron chi connectivity index (χ1n) is 28.2. The molecular formula is C58H60F3N13O8S5. The SMILES string of the molecule is CCc1nccc2sc(-c3c(C)nc(NCc4c(F)cccc4F)nc3NC3(O)CCC(CS(=O)(=O)c4ccc(F)cc4)C3Oc3nccc4sc(-c5c(C)nc(NCC6CC6)nc5NC5(O)CCC(CS(=O)(=O)c6nc(C)c(C)s6)C5O)nc34)nc12. The van der Waals surface area contributed by atoms with Crippen LogP contribution in [0.25, 0.3) is 41.6 Å². The number of thiazole rings is 3. The number of halogens is 3. The highest BCUT2D eigenvalue weighted by atomic mass is 32.2. The Labute approximate surface area is 510 Å². The van der Waals surface area contributed by atoms with E-state index >= 15 is 0 Å². The molecule has 0 amide bonds. The summed E-state index contributed by atoms with van der Waals surface area (Å²) < 4.78 is 108. The third kappa shape index (κ3) is 12.2. The van der Waals surface area contributed by atoms with Gasteiger partial charge in [-0.15, -0.1) is 34.0 Å². The number of ether oxygens (including phenoxy) is 1. The fourth-order valence-electron chi connectivity index (χ4n) is 11.2. The van der Waals surface area contributed by atoms with E-state index in [0.29, 0.717) is 67.3 Å². The smallest absolute Gasteiger partial charge is 0.241 e. The number of anilines is 4. The standard InChI is InChI=1S/C58H60F3N13O8S5/c1-6-40-45-41(18-22-62-40)84-52(69-45)44-30(4)67-55(65-25-37-38(60)8-7-9-39(37)61)72-50(44)74-58(77)21-17-34(27-86(78,79)36-14-12-35(59)13-15-36)48(58)82-51-46-42(19-23-63-51)85-53(70-46)43-29(3)66-54(64-24-32-10-11-32)71-49(43)73-57(76)20-16-33(47(57)75)26-87(80,81)56-68-28(2)31(5)83-56/h7-9,12-15,18-19,22-23,32-34,47-48,75-77H,6,10-11,16-17,20-21,24-27H2,1-5H3,(H2,64,66,71,73)(H2,65,67,72,74). The molecule has 0 radical (unpaired) electrons. The van der Waals surface area contributed by atoms with Crippen molar-refractivity contribution in [3.8, 4) is 27.0 Å². The minimum absolute atomic E-state index is 0.0153. The molecule has 7 heterocycles. The van der Waals surface area contributed by atoms with Gasteiger partial charge in [0.15, 0.2) is 27.4 Å². The van der Waals surface area contributed by atoms with Crippen molar-refractivity contribution in [3.63, 3.8) is 0 Å². The Hall–Kier alpha value is -7.12. The van der Waals surface area contributed by atoms with Gasteiger partial charge in [0.05, 0.1) is 59.7 Å². The Kier molecular flexibility index (Phi) is 16.2. The van der Waals surface area contributed by atoms with Gasteiger partial charge in [-0.2, -0.15) is 9.97 Å². The van der Waals surface area contributed by atoms with Gasteiger partial charge in [-0.1, -0.05) is 13.0 Å². The number of rotatable bonds is 21. The van der Waals surface area contributed by atoms with E-state index in [1.54, 1.807) is 40.0 Å². The molecule has 3 saturated carbocycles. The maximum absolute atomic E-state index is 15.0. The first kappa shape index (κ1) is 60.2. The Bertz CT molecular complexity index is 4320. The van der Waals surface area contributed by atoms with Crippen LogP contribution >= 0.6 is 34.0 Å². The van der Waals surface area contributed by atoms with Crippen LogP contribution < -0.4 is 26.0 Å². The zero-order valence-electron chi connectivity index (χ0n) is 47.6. The molecule has 0 aliphatic heterocycles. The number of hydrogen-bond acceptors (Lipinski definition) is 24. The van der Waals surface area contributed by atoms with Crippen molar-refractivity contribution in [2.45, 2.75) is 119 Å². The maximum atomic E-state index is 15.0. The highest BCUT2D eigenvalue weighted by molar-refractivity contribution is 7.93. The largest absolute Gasteiger partial charge is 0.467 e. The maximum Gasteiger partial charge on any atom is 0.241 e. The summed E-state index contributed by atoms with van der Waals surface area (Å²) in [5, 5.41) is 50.7. The predicted molar refractivity (Wildman–Crippen MR) is 326 cm³/mol. The van der Waals surface area contributed by atoms with Gasteiger partial charge in [-0.05, 0) is 127 Å². The van der Waals surface area contributed by atoms with E-state index in [-0.39, 0.29) is 82.0 Å². The summed E-state index contributed by atoms with van der Waals surface area (Å²) in [7, 11) is -8.14. The molecule has 7 N–H and O–H groups in total. The average molecular weight is 1280 g/mol. The summed E-state index contributed by atoms with van der Waals surface area (Å²) in [5.41, 5.74) is -0.889. The summed E-state index contributed by atoms with van der Waals surface area (Å²) in [5.74, 6) is -4.53. The number of benzene rings is 2. The Balaban J connectivity index is 0.921. The zero-order chi connectivity index (χ0) is 61.3. The third-order valence-electron chi connectivity index (χ3n) is 16.2. The highest BCUT2D eigenvalue weighted by Gasteiger charge is 2.53. The van der Waals surface area contributed by atoms with Crippen LogP contribution in [0.5, 0.6) is 5.88 Å². The van der Waals surface area contributed by atoms with E-state index < -0.39 is 84.1 Å². The number of pyridine rings is 2. The van der Waals surface area contributed by atoms with Crippen molar-refractivity contribution in [2.24, 2.45) is 17.8 Å².